The fourth-order valence-corrected chi connectivity index (χ4v) is 2.91. The lowest BCUT2D eigenvalue weighted by Gasteiger charge is -2.19. The summed E-state index contributed by atoms with van der Waals surface area (Å²) in [6, 6.07) is 4.58. The van der Waals surface area contributed by atoms with E-state index in [1.54, 1.807) is 0 Å². The van der Waals surface area contributed by atoms with Gasteiger partial charge in [-0.15, -0.1) is 0 Å². The quantitative estimate of drug-likeness (QED) is 0.671. The number of hydrogen-bond donors (Lipinski definition) is 0. The highest BCUT2D eigenvalue weighted by Gasteiger charge is 2.23. The lowest BCUT2D eigenvalue weighted by molar-refractivity contribution is -0.697. The summed E-state index contributed by atoms with van der Waals surface area (Å²) in [6.45, 7) is 9.09. The van der Waals surface area contributed by atoms with Crippen LogP contribution in [0.15, 0.2) is 36.8 Å². The van der Waals surface area contributed by atoms with E-state index >= 15 is 0 Å². The van der Waals surface area contributed by atoms with Crippen LogP contribution in [0.2, 0.25) is 0 Å². The van der Waals surface area contributed by atoms with Crippen LogP contribution in [0.4, 0.5) is 0 Å². The third-order valence-corrected chi connectivity index (χ3v) is 4.32. The average Bonchev–Trinajstić information content (AvgIpc) is 2.52. The molecule has 2 heterocycles. The standard InChI is InChI=1S/C19H30N2/c1-4-6-11-20-13-8-18(9-14-20)19-10-15-21(12-7-5-2)16-17(19)3/h8-10,13-17,19H,4-7,11-12H2,1-3H3/q+2. The van der Waals surface area contributed by atoms with Crippen molar-refractivity contribution in [3.05, 3.63) is 42.4 Å². The van der Waals surface area contributed by atoms with Gasteiger partial charge in [-0.1, -0.05) is 33.6 Å². The first-order valence-electron chi connectivity index (χ1n) is 8.52. The van der Waals surface area contributed by atoms with Gasteiger partial charge >= 0.3 is 0 Å². The highest BCUT2D eigenvalue weighted by molar-refractivity contribution is 5.59. The van der Waals surface area contributed by atoms with Crippen molar-refractivity contribution in [2.45, 2.75) is 58.9 Å². The predicted octanol–water partition coefficient (Wildman–Crippen LogP) is 3.90. The van der Waals surface area contributed by atoms with E-state index in [-0.39, 0.29) is 0 Å². The van der Waals surface area contributed by atoms with E-state index in [4.69, 9.17) is 0 Å². The van der Waals surface area contributed by atoms with Gasteiger partial charge in [0.25, 0.3) is 0 Å². The number of aryl methyl sites for hydroxylation is 1. The second kappa shape index (κ2) is 8.11. The Balaban J connectivity index is 2.00. The largest absolute Gasteiger partial charge is 0.209 e. The fourth-order valence-electron chi connectivity index (χ4n) is 2.91. The SMILES string of the molecule is CCCC[N+]1=CC(C)C(c2cc[n+](CCCC)cc2)C=C1. The summed E-state index contributed by atoms with van der Waals surface area (Å²) in [6.07, 6.45) is 16.5. The van der Waals surface area contributed by atoms with Gasteiger partial charge in [0.05, 0.1) is 0 Å². The van der Waals surface area contributed by atoms with Crippen LogP contribution in [0, 0.1) is 5.92 Å². The van der Waals surface area contributed by atoms with E-state index in [1.165, 1.54) is 31.2 Å². The van der Waals surface area contributed by atoms with Gasteiger partial charge in [0.2, 0.25) is 0 Å². The second-order valence-electron chi connectivity index (χ2n) is 6.19. The minimum Gasteiger partial charge on any atom is -0.209 e. The lowest BCUT2D eigenvalue weighted by atomic mass is 9.87. The molecular formula is C19H30N2+2. The molecule has 0 aliphatic carbocycles. The van der Waals surface area contributed by atoms with Crippen LogP contribution in [0.1, 0.15) is 57.9 Å². The first kappa shape index (κ1) is 15.9. The van der Waals surface area contributed by atoms with E-state index in [1.807, 2.05) is 0 Å². The summed E-state index contributed by atoms with van der Waals surface area (Å²) in [5.74, 6) is 1.09. The molecule has 2 nitrogen and oxygen atoms in total. The van der Waals surface area contributed by atoms with Crippen molar-refractivity contribution in [1.82, 2.24) is 0 Å². The first-order valence-corrected chi connectivity index (χ1v) is 8.52. The van der Waals surface area contributed by atoms with Gasteiger partial charge in [0, 0.05) is 36.8 Å². The molecule has 1 aliphatic heterocycles. The number of unbranched alkanes of at least 4 members (excludes halogenated alkanes) is 2. The Labute approximate surface area is 129 Å². The van der Waals surface area contributed by atoms with Gasteiger partial charge in [-0.25, -0.2) is 9.14 Å². The van der Waals surface area contributed by atoms with Crippen LogP contribution in [0.25, 0.3) is 0 Å². The molecule has 21 heavy (non-hydrogen) atoms. The number of aromatic nitrogens is 1. The smallest absolute Gasteiger partial charge is 0.169 e. The Morgan fingerprint density at radius 1 is 1.00 bits per heavy atom. The van der Waals surface area contributed by atoms with E-state index < -0.39 is 0 Å². The molecule has 2 unspecified atom stereocenters. The molecule has 0 bridgehead atoms. The molecule has 0 spiro atoms. The van der Waals surface area contributed by atoms with Gasteiger partial charge in [-0.05, 0) is 11.6 Å². The fraction of sp³-hybridized carbons (Fsp3) is 0.579. The van der Waals surface area contributed by atoms with Crippen LogP contribution in [-0.4, -0.2) is 17.3 Å². The Bertz CT molecular complexity index is 485. The number of nitrogens with zero attached hydrogens (tertiary/aromatic N) is 2. The van der Waals surface area contributed by atoms with Crippen molar-refractivity contribution >= 4 is 6.21 Å². The van der Waals surface area contributed by atoms with E-state index in [0.29, 0.717) is 11.8 Å². The summed E-state index contributed by atoms with van der Waals surface area (Å²) in [5, 5.41) is 0. The molecule has 0 fully saturated rings. The Kier molecular flexibility index (Phi) is 6.16. The summed E-state index contributed by atoms with van der Waals surface area (Å²) in [7, 11) is 0. The van der Waals surface area contributed by atoms with E-state index in [2.05, 4.69) is 72.9 Å². The van der Waals surface area contributed by atoms with Crippen molar-refractivity contribution in [2.24, 2.45) is 5.92 Å². The summed E-state index contributed by atoms with van der Waals surface area (Å²) < 4.78 is 4.65. The molecule has 2 heteroatoms. The monoisotopic (exact) mass is 286 g/mol. The van der Waals surface area contributed by atoms with Crippen LogP contribution in [-0.2, 0) is 6.54 Å². The number of pyridine rings is 1. The molecule has 0 saturated heterocycles. The van der Waals surface area contributed by atoms with Crippen molar-refractivity contribution in [3.8, 4) is 0 Å². The molecule has 0 saturated carbocycles. The highest BCUT2D eigenvalue weighted by atomic mass is 15.0. The number of rotatable bonds is 7. The predicted molar refractivity (Wildman–Crippen MR) is 88.7 cm³/mol. The molecule has 0 amide bonds. The lowest BCUT2D eigenvalue weighted by Crippen LogP contribution is -2.33. The zero-order valence-electron chi connectivity index (χ0n) is 13.8. The molecule has 0 radical (unpaired) electrons. The van der Waals surface area contributed by atoms with Crippen LogP contribution in [0.5, 0.6) is 0 Å². The van der Waals surface area contributed by atoms with Gasteiger partial charge in [-0.3, -0.25) is 0 Å². The molecule has 1 aliphatic rings. The van der Waals surface area contributed by atoms with Gasteiger partial charge in [-0.2, -0.15) is 0 Å². The summed E-state index contributed by atoms with van der Waals surface area (Å²) in [5.41, 5.74) is 1.43. The third kappa shape index (κ3) is 4.52. The maximum Gasteiger partial charge on any atom is 0.169 e. The van der Waals surface area contributed by atoms with Crippen molar-refractivity contribution in [3.63, 3.8) is 0 Å². The van der Waals surface area contributed by atoms with Gasteiger partial charge in [0.1, 0.15) is 19.3 Å². The zero-order valence-corrected chi connectivity index (χ0v) is 13.8. The van der Waals surface area contributed by atoms with E-state index in [9.17, 15) is 0 Å². The maximum absolute atomic E-state index is 2.39. The normalized spacial score (nSPS) is 21.4. The second-order valence-corrected chi connectivity index (χ2v) is 6.19. The highest BCUT2D eigenvalue weighted by Crippen LogP contribution is 2.26. The topological polar surface area (TPSA) is 6.89 Å². The first-order chi connectivity index (χ1) is 10.2. The number of allylic oxidation sites excluding steroid dienone is 1. The minimum atomic E-state index is 0.517. The maximum atomic E-state index is 2.39. The molecular weight excluding hydrogens is 256 g/mol. The third-order valence-electron chi connectivity index (χ3n) is 4.32. The summed E-state index contributed by atoms with van der Waals surface area (Å²) >= 11 is 0. The van der Waals surface area contributed by atoms with Gasteiger partial charge < -0.3 is 0 Å². The molecule has 1 aromatic rings. The summed E-state index contributed by atoms with van der Waals surface area (Å²) in [4.78, 5) is 0. The van der Waals surface area contributed by atoms with Crippen molar-refractivity contribution < 1.29 is 9.14 Å². The molecule has 2 atom stereocenters. The van der Waals surface area contributed by atoms with E-state index in [0.717, 1.165) is 13.1 Å². The minimum absolute atomic E-state index is 0.517. The van der Waals surface area contributed by atoms with Crippen molar-refractivity contribution in [2.75, 3.05) is 6.54 Å². The molecule has 2 rings (SSSR count). The Hall–Kier alpha value is -1.44. The molecule has 0 aromatic carbocycles. The zero-order chi connectivity index (χ0) is 15.1. The van der Waals surface area contributed by atoms with Crippen LogP contribution >= 0.6 is 0 Å². The number of hydrogen-bond acceptors (Lipinski definition) is 0. The van der Waals surface area contributed by atoms with Gasteiger partial charge in [0.15, 0.2) is 18.6 Å². The molecule has 114 valence electrons. The Morgan fingerprint density at radius 3 is 2.29 bits per heavy atom. The van der Waals surface area contributed by atoms with Crippen LogP contribution < -0.4 is 4.57 Å². The van der Waals surface area contributed by atoms with Crippen molar-refractivity contribution in [1.29, 1.82) is 0 Å². The molecule has 0 N–H and O–H groups in total. The van der Waals surface area contributed by atoms with Crippen LogP contribution in [0.3, 0.4) is 0 Å². The Morgan fingerprint density at radius 2 is 1.67 bits per heavy atom. The average molecular weight is 286 g/mol. The molecule has 1 aromatic heterocycles.